The third kappa shape index (κ3) is 2.43. The number of methoxy groups -OCH3 is 1. The van der Waals surface area contributed by atoms with Crippen molar-refractivity contribution >= 4 is 27.4 Å². The minimum atomic E-state index is 0.114. The summed E-state index contributed by atoms with van der Waals surface area (Å²) in [5.41, 5.74) is 1.24. The molecule has 0 unspecified atom stereocenters. The molecule has 3 rings (SSSR count). The van der Waals surface area contributed by atoms with Crippen LogP contribution in [-0.2, 0) is 9.47 Å². The van der Waals surface area contributed by atoms with Crippen molar-refractivity contribution in [3.8, 4) is 0 Å². The first-order valence-electron chi connectivity index (χ1n) is 6.34. The minimum absolute atomic E-state index is 0.114. The van der Waals surface area contributed by atoms with Gasteiger partial charge in [-0.1, -0.05) is 0 Å². The number of hydrogen-bond acceptors (Lipinski definition) is 6. The highest BCUT2D eigenvalue weighted by Gasteiger charge is 2.23. The van der Waals surface area contributed by atoms with Crippen molar-refractivity contribution in [1.29, 1.82) is 0 Å². The van der Waals surface area contributed by atoms with Crippen LogP contribution in [0.15, 0.2) is 11.7 Å². The molecule has 1 aliphatic rings. The molecule has 1 aliphatic heterocycles. The monoisotopic (exact) mass is 279 g/mol. The van der Waals surface area contributed by atoms with E-state index < -0.39 is 0 Å². The van der Waals surface area contributed by atoms with Gasteiger partial charge in [0.15, 0.2) is 0 Å². The van der Waals surface area contributed by atoms with Crippen LogP contribution in [0.5, 0.6) is 0 Å². The molecule has 102 valence electrons. The molecule has 0 bridgehead atoms. The van der Waals surface area contributed by atoms with E-state index in [9.17, 15) is 0 Å². The summed E-state index contributed by atoms with van der Waals surface area (Å²) >= 11 is 1.67. The molecule has 2 aromatic rings. The molecule has 0 aliphatic carbocycles. The third-order valence-electron chi connectivity index (χ3n) is 3.33. The molecule has 1 atom stereocenters. The van der Waals surface area contributed by atoms with Gasteiger partial charge in [0.25, 0.3) is 0 Å². The summed E-state index contributed by atoms with van der Waals surface area (Å²) in [4.78, 5) is 12.1. The molecule has 0 amide bonds. The Labute approximate surface area is 116 Å². The lowest BCUT2D eigenvalue weighted by Gasteiger charge is -2.33. The highest BCUT2D eigenvalue weighted by molar-refractivity contribution is 7.17. The van der Waals surface area contributed by atoms with E-state index >= 15 is 0 Å². The van der Waals surface area contributed by atoms with Crippen LogP contribution >= 0.6 is 11.3 Å². The Morgan fingerprint density at radius 2 is 2.42 bits per heavy atom. The van der Waals surface area contributed by atoms with Crippen LogP contribution in [0.4, 0.5) is 5.82 Å². The molecule has 0 spiro atoms. The fraction of sp³-hybridized carbons (Fsp3) is 0.538. The molecule has 19 heavy (non-hydrogen) atoms. The Kier molecular flexibility index (Phi) is 3.63. The van der Waals surface area contributed by atoms with E-state index in [-0.39, 0.29) is 6.10 Å². The van der Waals surface area contributed by atoms with Crippen LogP contribution < -0.4 is 4.90 Å². The molecular weight excluding hydrogens is 262 g/mol. The van der Waals surface area contributed by atoms with Crippen molar-refractivity contribution in [2.75, 3.05) is 38.3 Å². The maximum atomic E-state index is 5.69. The van der Waals surface area contributed by atoms with Gasteiger partial charge in [0.1, 0.15) is 17.0 Å². The van der Waals surface area contributed by atoms with Crippen LogP contribution in [0.2, 0.25) is 0 Å². The van der Waals surface area contributed by atoms with Crippen LogP contribution in [-0.4, -0.2) is 49.5 Å². The summed E-state index contributed by atoms with van der Waals surface area (Å²) in [5.74, 6) is 1.02. The summed E-state index contributed by atoms with van der Waals surface area (Å²) in [6, 6.07) is 0. The second-order valence-electron chi connectivity index (χ2n) is 4.69. The van der Waals surface area contributed by atoms with E-state index in [1.54, 1.807) is 24.8 Å². The van der Waals surface area contributed by atoms with Crippen molar-refractivity contribution < 1.29 is 9.47 Å². The van der Waals surface area contributed by atoms with Crippen molar-refractivity contribution in [3.63, 3.8) is 0 Å². The number of rotatable bonds is 3. The Bertz CT molecular complexity index is 570. The average molecular weight is 279 g/mol. The minimum Gasteiger partial charge on any atom is -0.382 e. The van der Waals surface area contributed by atoms with E-state index in [0.29, 0.717) is 13.2 Å². The van der Waals surface area contributed by atoms with E-state index in [2.05, 4.69) is 27.2 Å². The molecule has 5 nitrogen and oxygen atoms in total. The molecule has 6 heteroatoms. The zero-order valence-electron chi connectivity index (χ0n) is 11.1. The lowest BCUT2D eigenvalue weighted by atomic mass is 10.2. The molecule has 0 saturated carbocycles. The Balaban J connectivity index is 1.93. The summed E-state index contributed by atoms with van der Waals surface area (Å²) in [5, 5.41) is 3.31. The summed E-state index contributed by atoms with van der Waals surface area (Å²) in [7, 11) is 1.70. The summed E-state index contributed by atoms with van der Waals surface area (Å²) < 4.78 is 10.9. The van der Waals surface area contributed by atoms with Crippen LogP contribution in [0.1, 0.15) is 5.56 Å². The SMILES string of the molecule is COC[C@H]1CN(c2ncnc3scc(C)c23)CCO1. The average Bonchev–Trinajstić information content (AvgIpc) is 2.82. The number of fused-ring (bicyclic) bond motifs is 1. The van der Waals surface area contributed by atoms with Gasteiger partial charge >= 0.3 is 0 Å². The smallest absolute Gasteiger partial charge is 0.141 e. The van der Waals surface area contributed by atoms with Crippen LogP contribution in [0.25, 0.3) is 10.2 Å². The lowest BCUT2D eigenvalue weighted by molar-refractivity contribution is -0.0101. The first kappa shape index (κ1) is 12.8. The number of anilines is 1. The van der Waals surface area contributed by atoms with Gasteiger partial charge in [-0.05, 0) is 17.9 Å². The molecule has 1 saturated heterocycles. The topological polar surface area (TPSA) is 47.5 Å². The molecule has 0 aromatic carbocycles. The quantitative estimate of drug-likeness (QED) is 0.858. The van der Waals surface area contributed by atoms with Crippen LogP contribution in [0, 0.1) is 6.92 Å². The first-order valence-corrected chi connectivity index (χ1v) is 7.22. The van der Waals surface area contributed by atoms with Crippen molar-refractivity contribution in [2.45, 2.75) is 13.0 Å². The van der Waals surface area contributed by atoms with Gasteiger partial charge < -0.3 is 14.4 Å². The van der Waals surface area contributed by atoms with E-state index in [0.717, 1.165) is 23.7 Å². The first-order chi connectivity index (χ1) is 9.29. The van der Waals surface area contributed by atoms with Gasteiger partial charge in [0.2, 0.25) is 0 Å². The molecule has 1 fully saturated rings. The normalized spacial score (nSPS) is 20.1. The highest BCUT2D eigenvalue weighted by Crippen LogP contribution is 2.31. The van der Waals surface area contributed by atoms with E-state index in [1.807, 2.05) is 0 Å². The summed E-state index contributed by atoms with van der Waals surface area (Å²) in [6.07, 6.45) is 1.76. The van der Waals surface area contributed by atoms with Crippen molar-refractivity contribution in [1.82, 2.24) is 9.97 Å². The largest absolute Gasteiger partial charge is 0.382 e. The van der Waals surface area contributed by atoms with Gasteiger partial charge in [-0.25, -0.2) is 9.97 Å². The number of aromatic nitrogens is 2. The maximum Gasteiger partial charge on any atom is 0.141 e. The predicted octanol–water partition coefficient (Wildman–Crippen LogP) is 1.85. The molecule has 2 aromatic heterocycles. The zero-order chi connectivity index (χ0) is 13.2. The molecule has 3 heterocycles. The van der Waals surface area contributed by atoms with Crippen LogP contribution in [0.3, 0.4) is 0 Å². The van der Waals surface area contributed by atoms with Gasteiger partial charge in [0.05, 0.1) is 24.7 Å². The van der Waals surface area contributed by atoms with Crippen molar-refractivity contribution in [3.05, 3.63) is 17.3 Å². The maximum absolute atomic E-state index is 5.69. The second-order valence-corrected chi connectivity index (χ2v) is 5.55. The number of morpholine rings is 1. The van der Waals surface area contributed by atoms with Gasteiger partial charge in [0, 0.05) is 20.2 Å². The Hall–Kier alpha value is -1.24. The highest BCUT2D eigenvalue weighted by atomic mass is 32.1. The zero-order valence-corrected chi connectivity index (χ0v) is 11.9. The fourth-order valence-electron chi connectivity index (χ4n) is 2.44. The molecule has 0 N–H and O–H groups in total. The van der Waals surface area contributed by atoms with Gasteiger partial charge in [-0.2, -0.15) is 0 Å². The Morgan fingerprint density at radius 3 is 3.26 bits per heavy atom. The summed E-state index contributed by atoms with van der Waals surface area (Å²) in [6.45, 7) is 5.12. The van der Waals surface area contributed by atoms with E-state index in [4.69, 9.17) is 9.47 Å². The number of thiophene rings is 1. The third-order valence-corrected chi connectivity index (χ3v) is 4.33. The number of hydrogen-bond donors (Lipinski definition) is 0. The number of nitrogens with zero attached hydrogens (tertiary/aromatic N) is 3. The van der Waals surface area contributed by atoms with Gasteiger partial charge in [-0.3, -0.25) is 0 Å². The van der Waals surface area contributed by atoms with Gasteiger partial charge in [-0.15, -0.1) is 11.3 Å². The van der Waals surface area contributed by atoms with Crippen molar-refractivity contribution in [2.24, 2.45) is 0 Å². The number of aryl methyl sites for hydroxylation is 1. The number of ether oxygens (including phenoxy) is 2. The molecular formula is C13H17N3O2S. The standard InChI is InChI=1S/C13H17N3O2S/c1-9-7-19-13-11(9)12(14-8-15-13)16-3-4-18-10(5-16)6-17-2/h7-8,10H,3-6H2,1-2H3/t10-/m1/s1. The second kappa shape index (κ2) is 5.40. The fourth-order valence-corrected chi connectivity index (χ4v) is 3.32. The predicted molar refractivity (Wildman–Crippen MR) is 76.0 cm³/mol. The molecule has 0 radical (unpaired) electrons. The Morgan fingerprint density at radius 1 is 1.53 bits per heavy atom. The lowest BCUT2D eigenvalue weighted by Crippen LogP contribution is -2.44. The van der Waals surface area contributed by atoms with E-state index in [1.165, 1.54) is 10.9 Å².